The molecule has 0 aromatic carbocycles. The fraction of sp³-hybridized carbons (Fsp3) is 0.938. The van der Waals surface area contributed by atoms with Crippen LogP contribution in [0.25, 0.3) is 0 Å². The van der Waals surface area contributed by atoms with E-state index in [1.54, 1.807) is 0 Å². The molecule has 4 saturated carbocycles. The Morgan fingerprint density at radius 2 is 1.58 bits per heavy atom. The van der Waals surface area contributed by atoms with E-state index in [2.05, 4.69) is 4.90 Å². The van der Waals surface area contributed by atoms with E-state index in [0.29, 0.717) is 23.9 Å². The van der Waals surface area contributed by atoms with Gasteiger partial charge in [0.05, 0.1) is 0 Å². The lowest BCUT2D eigenvalue weighted by Gasteiger charge is -2.34. The summed E-state index contributed by atoms with van der Waals surface area (Å²) in [6.07, 6.45) is 8.63. The summed E-state index contributed by atoms with van der Waals surface area (Å²) < 4.78 is 0. The van der Waals surface area contributed by atoms with Gasteiger partial charge in [0.25, 0.3) is 0 Å². The molecule has 3 heteroatoms. The van der Waals surface area contributed by atoms with E-state index in [-0.39, 0.29) is 0 Å². The first-order valence-corrected chi connectivity index (χ1v) is 8.19. The van der Waals surface area contributed by atoms with Crippen LogP contribution in [0.4, 0.5) is 0 Å². The zero-order chi connectivity index (χ0) is 13.1. The van der Waals surface area contributed by atoms with Crippen molar-refractivity contribution in [2.45, 2.75) is 57.0 Å². The maximum absolute atomic E-state index is 12.7. The van der Waals surface area contributed by atoms with Crippen LogP contribution in [-0.2, 0) is 4.79 Å². The van der Waals surface area contributed by atoms with Crippen LogP contribution in [0, 0.1) is 29.6 Å². The number of nitrogens with zero attached hydrogens (tertiary/aromatic N) is 1. The lowest BCUT2D eigenvalue weighted by Crippen LogP contribution is -2.43. The Hall–Kier alpha value is -0.570. The van der Waals surface area contributed by atoms with Crippen molar-refractivity contribution < 1.29 is 4.79 Å². The van der Waals surface area contributed by atoms with E-state index in [1.807, 2.05) is 7.05 Å². The first-order valence-electron chi connectivity index (χ1n) is 8.19. The summed E-state index contributed by atoms with van der Waals surface area (Å²) in [6.45, 7) is 0. The zero-order valence-electron chi connectivity index (χ0n) is 11.9. The van der Waals surface area contributed by atoms with Gasteiger partial charge in [-0.1, -0.05) is 0 Å². The van der Waals surface area contributed by atoms with E-state index < -0.39 is 0 Å². The Labute approximate surface area is 115 Å². The molecule has 1 amide bonds. The number of carbonyl (C=O) groups excluding carboxylic acids is 1. The molecule has 4 fully saturated rings. The van der Waals surface area contributed by atoms with Crippen LogP contribution in [0.1, 0.15) is 44.9 Å². The highest BCUT2D eigenvalue weighted by molar-refractivity contribution is 5.83. The van der Waals surface area contributed by atoms with Crippen LogP contribution in [0.3, 0.4) is 0 Å². The van der Waals surface area contributed by atoms with Crippen LogP contribution < -0.4 is 5.73 Å². The number of amides is 1. The van der Waals surface area contributed by atoms with Gasteiger partial charge in [-0.25, -0.2) is 0 Å². The molecule has 0 aromatic rings. The molecule has 2 N–H and O–H groups in total. The van der Waals surface area contributed by atoms with Crippen molar-refractivity contribution in [3.63, 3.8) is 0 Å². The first kappa shape index (κ1) is 12.2. The summed E-state index contributed by atoms with van der Waals surface area (Å²) in [5.41, 5.74) is 5.96. The van der Waals surface area contributed by atoms with Gasteiger partial charge in [0.2, 0.25) is 5.91 Å². The SMILES string of the molecule is CN(C(=O)C1C2C3CCC(C3)C12)C1CCC(N)CC1. The van der Waals surface area contributed by atoms with Gasteiger partial charge >= 0.3 is 0 Å². The summed E-state index contributed by atoms with van der Waals surface area (Å²) >= 11 is 0. The first-order chi connectivity index (χ1) is 9.16. The average Bonchev–Trinajstić information content (AvgIpc) is 2.85. The minimum Gasteiger partial charge on any atom is -0.343 e. The Bertz CT molecular complexity index is 372. The zero-order valence-corrected chi connectivity index (χ0v) is 11.9. The van der Waals surface area contributed by atoms with E-state index >= 15 is 0 Å². The molecule has 4 aliphatic rings. The number of rotatable bonds is 2. The maximum Gasteiger partial charge on any atom is 0.226 e. The number of nitrogens with two attached hydrogens (primary N) is 1. The molecule has 3 nitrogen and oxygen atoms in total. The molecule has 0 aromatic heterocycles. The van der Waals surface area contributed by atoms with Crippen LogP contribution in [0.15, 0.2) is 0 Å². The Morgan fingerprint density at radius 1 is 1.00 bits per heavy atom. The highest BCUT2D eigenvalue weighted by atomic mass is 16.2. The van der Waals surface area contributed by atoms with Crippen molar-refractivity contribution in [3.05, 3.63) is 0 Å². The van der Waals surface area contributed by atoms with Gasteiger partial charge in [-0.3, -0.25) is 4.79 Å². The van der Waals surface area contributed by atoms with Gasteiger partial charge in [-0.2, -0.15) is 0 Å². The standard InChI is InChI=1S/C16H26N2O/c1-18(12-6-4-11(17)5-7-12)16(19)15-13-9-2-3-10(8-9)14(13)15/h9-15H,2-8,17H2,1H3. The molecule has 0 radical (unpaired) electrons. The molecule has 2 bridgehead atoms. The van der Waals surface area contributed by atoms with Crippen molar-refractivity contribution in [1.82, 2.24) is 4.90 Å². The molecule has 4 aliphatic carbocycles. The molecule has 0 aliphatic heterocycles. The molecular formula is C16H26N2O. The van der Waals surface area contributed by atoms with Gasteiger partial charge in [0, 0.05) is 25.0 Å². The lowest BCUT2D eigenvalue weighted by molar-refractivity contribution is -0.135. The van der Waals surface area contributed by atoms with Gasteiger partial charge in [-0.15, -0.1) is 0 Å². The molecule has 0 spiro atoms. The van der Waals surface area contributed by atoms with E-state index in [0.717, 1.165) is 49.4 Å². The number of carbonyl (C=O) groups is 1. The fourth-order valence-corrected chi connectivity index (χ4v) is 5.56. The van der Waals surface area contributed by atoms with Gasteiger partial charge < -0.3 is 10.6 Å². The highest BCUT2D eigenvalue weighted by Crippen LogP contribution is 2.69. The summed E-state index contributed by atoms with van der Waals surface area (Å²) in [6, 6.07) is 0.835. The average molecular weight is 262 g/mol. The third kappa shape index (κ3) is 1.77. The summed E-state index contributed by atoms with van der Waals surface area (Å²) in [5.74, 6) is 4.23. The maximum atomic E-state index is 12.7. The van der Waals surface area contributed by atoms with Crippen LogP contribution in [0.2, 0.25) is 0 Å². The Kier molecular flexibility index (Phi) is 2.70. The summed E-state index contributed by atoms with van der Waals surface area (Å²) in [4.78, 5) is 14.8. The highest BCUT2D eigenvalue weighted by Gasteiger charge is 2.67. The molecule has 4 unspecified atom stereocenters. The van der Waals surface area contributed by atoms with E-state index in [9.17, 15) is 4.79 Å². The third-order valence-electron chi connectivity index (χ3n) is 6.66. The number of hydrogen-bond donors (Lipinski definition) is 1. The molecule has 106 valence electrons. The summed E-state index contributed by atoms with van der Waals surface area (Å²) in [5, 5.41) is 0. The molecular weight excluding hydrogens is 236 g/mol. The quantitative estimate of drug-likeness (QED) is 0.827. The predicted molar refractivity (Wildman–Crippen MR) is 74.3 cm³/mol. The normalized spacial score (nSPS) is 50.9. The third-order valence-corrected chi connectivity index (χ3v) is 6.66. The van der Waals surface area contributed by atoms with Crippen LogP contribution >= 0.6 is 0 Å². The lowest BCUT2D eigenvalue weighted by atomic mass is 9.90. The smallest absolute Gasteiger partial charge is 0.226 e. The Balaban J connectivity index is 1.39. The van der Waals surface area contributed by atoms with Gasteiger partial charge in [-0.05, 0) is 68.6 Å². The second-order valence-corrected chi connectivity index (χ2v) is 7.53. The fourth-order valence-electron chi connectivity index (χ4n) is 5.56. The molecule has 4 rings (SSSR count). The molecule has 4 atom stereocenters. The second kappa shape index (κ2) is 4.21. The number of fused-ring (bicyclic) bond motifs is 5. The molecule has 0 saturated heterocycles. The summed E-state index contributed by atoms with van der Waals surface area (Å²) in [7, 11) is 2.04. The van der Waals surface area contributed by atoms with E-state index in [1.165, 1.54) is 19.3 Å². The number of hydrogen-bond acceptors (Lipinski definition) is 2. The van der Waals surface area contributed by atoms with Crippen molar-refractivity contribution in [2.75, 3.05) is 7.05 Å². The van der Waals surface area contributed by atoms with Crippen molar-refractivity contribution in [2.24, 2.45) is 35.3 Å². The van der Waals surface area contributed by atoms with Crippen LogP contribution in [-0.4, -0.2) is 29.9 Å². The van der Waals surface area contributed by atoms with Crippen LogP contribution in [0.5, 0.6) is 0 Å². The van der Waals surface area contributed by atoms with Crippen molar-refractivity contribution in [1.29, 1.82) is 0 Å². The monoisotopic (exact) mass is 262 g/mol. The minimum absolute atomic E-state index is 0.371. The second-order valence-electron chi connectivity index (χ2n) is 7.53. The van der Waals surface area contributed by atoms with E-state index in [4.69, 9.17) is 5.73 Å². The predicted octanol–water partition coefficient (Wildman–Crippen LogP) is 2.01. The molecule has 19 heavy (non-hydrogen) atoms. The van der Waals surface area contributed by atoms with Crippen molar-refractivity contribution >= 4 is 5.91 Å². The minimum atomic E-state index is 0.371. The van der Waals surface area contributed by atoms with Gasteiger partial charge in [0.1, 0.15) is 0 Å². The largest absolute Gasteiger partial charge is 0.343 e. The Morgan fingerprint density at radius 3 is 2.16 bits per heavy atom. The van der Waals surface area contributed by atoms with Crippen molar-refractivity contribution in [3.8, 4) is 0 Å². The van der Waals surface area contributed by atoms with Gasteiger partial charge in [0.15, 0.2) is 0 Å². The topological polar surface area (TPSA) is 46.3 Å². The molecule has 0 heterocycles.